The van der Waals surface area contributed by atoms with Gasteiger partial charge in [-0.3, -0.25) is 14.8 Å². The molecule has 4 aromatic rings. The monoisotopic (exact) mass is 483 g/mol. The van der Waals surface area contributed by atoms with Crippen molar-refractivity contribution < 1.29 is 13.2 Å². The Hall–Kier alpha value is -3.41. The van der Waals surface area contributed by atoms with Gasteiger partial charge in [0, 0.05) is 37.4 Å². The number of sulfonamides is 1. The molecule has 168 valence electrons. The number of hydrogen-bond donors (Lipinski definition) is 1. The van der Waals surface area contributed by atoms with Gasteiger partial charge in [0.15, 0.2) is 0 Å². The summed E-state index contributed by atoms with van der Waals surface area (Å²) in [7, 11) is -3.84. The summed E-state index contributed by atoms with van der Waals surface area (Å²) >= 11 is 5.97. The number of nitrogens with one attached hydrogen (secondary N) is 1. The predicted molar refractivity (Wildman–Crippen MR) is 121 cm³/mol. The first-order valence-electron chi connectivity index (χ1n) is 10.1. The van der Waals surface area contributed by atoms with Crippen molar-refractivity contribution in [2.24, 2.45) is 0 Å². The molecule has 1 aliphatic rings. The van der Waals surface area contributed by atoms with Crippen LogP contribution in [0.3, 0.4) is 0 Å². The molecule has 1 aliphatic heterocycles. The number of carbonyl (C=O) groups is 1. The molecule has 1 N–H and O–H groups in total. The fourth-order valence-electron chi connectivity index (χ4n) is 3.58. The van der Waals surface area contributed by atoms with E-state index in [2.05, 4.69) is 24.9 Å². The molecule has 5 rings (SSSR count). The number of H-pyrrole nitrogens is 1. The van der Waals surface area contributed by atoms with Crippen molar-refractivity contribution in [3.63, 3.8) is 0 Å². The van der Waals surface area contributed by atoms with Crippen molar-refractivity contribution in [3.8, 4) is 11.4 Å². The minimum absolute atomic E-state index is 0.143. The van der Waals surface area contributed by atoms with Crippen LogP contribution in [-0.2, 0) is 10.0 Å². The molecule has 1 fully saturated rings. The Bertz CT molecular complexity index is 1420. The maximum absolute atomic E-state index is 13.0. The summed E-state index contributed by atoms with van der Waals surface area (Å²) in [4.78, 5) is 34.1. The van der Waals surface area contributed by atoms with Crippen LogP contribution < -0.4 is 0 Å². The van der Waals surface area contributed by atoms with Crippen molar-refractivity contribution in [1.29, 1.82) is 0 Å². The number of rotatable bonds is 4. The van der Waals surface area contributed by atoms with Crippen LogP contribution in [0.5, 0.6) is 0 Å². The van der Waals surface area contributed by atoms with Crippen molar-refractivity contribution in [2.45, 2.75) is 5.16 Å². The van der Waals surface area contributed by atoms with Gasteiger partial charge in [0.05, 0.1) is 29.1 Å². The molecule has 1 amide bonds. The number of nitrogens with zero attached hydrogens (tertiary/aromatic N) is 6. The molecule has 10 nitrogen and oxygen atoms in total. The lowest BCUT2D eigenvalue weighted by Crippen LogP contribution is -2.50. The van der Waals surface area contributed by atoms with Crippen LogP contribution in [0.4, 0.5) is 0 Å². The van der Waals surface area contributed by atoms with Gasteiger partial charge < -0.3 is 9.88 Å². The molecule has 0 unspecified atom stereocenters. The van der Waals surface area contributed by atoms with E-state index >= 15 is 0 Å². The smallest absolute Gasteiger partial charge is 0.276 e. The molecule has 33 heavy (non-hydrogen) atoms. The summed E-state index contributed by atoms with van der Waals surface area (Å²) < 4.78 is 27.4. The predicted octanol–water partition coefficient (Wildman–Crippen LogP) is 2.21. The van der Waals surface area contributed by atoms with Crippen molar-refractivity contribution in [3.05, 3.63) is 65.7 Å². The Labute approximate surface area is 194 Å². The number of hydrogen-bond acceptors (Lipinski definition) is 7. The number of pyridine rings is 1. The van der Waals surface area contributed by atoms with Gasteiger partial charge in [-0.25, -0.2) is 18.4 Å². The molecule has 0 atom stereocenters. The number of benzene rings is 1. The fraction of sp³-hybridized carbons (Fsp3) is 0.190. The van der Waals surface area contributed by atoms with E-state index in [9.17, 15) is 13.2 Å². The Kier molecular flexibility index (Phi) is 5.52. The number of piperazine rings is 1. The van der Waals surface area contributed by atoms with E-state index in [0.717, 1.165) is 0 Å². The molecule has 0 spiro atoms. The standard InChI is InChI=1S/C21H18ClN7O3S/c22-14-4-5-16-17(11-14)27-21(26-16)33(31,32)29-9-7-28(8-10-29)20(30)19-13-24-18(12-25-19)15-3-1-2-6-23-15/h1-6,11-13H,7-10H2,(H,26,27). The topological polar surface area (TPSA) is 125 Å². The number of halogens is 1. The van der Waals surface area contributed by atoms with Gasteiger partial charge in [0.1, 0.15) is 11.4 Å². The third-order valence-electron chi connectivity index (χ3n) is 5.33. The summed E-state index contributed by atoms with van der Waals surface area (Å²) in [6.07, 6.45) is 4.57. The molecule has 0 saturated carbocycles. The number of amides is 1. The molecule has 0 bridgehead atoms. The van der Waals surface area contributed by atoms with E-state index < -0.39 is 10.0 Å². The zero-order chi connectivity index (χ0) is 23.0. The lowest BCUT2D eigenvalue weighted by Gasteiger charge is -2.33. The van der Waals surface area contributed by atoms with Crippen LogP contribution in [0, 0.1) is 0 Å². The highest BCUT2D eigenvalue weighted by Crippen LogP contribution is 2.22. The Morgan fingerprint density at radius 3 is 2.48 bits per heavy atom. The zero-order valence-corrected chi connectivity index (χ0v) is 18.8. The average Bonchev–Trinajstić information content (AvgIpc) is 3.28. The molecular weight excluding hydrogens is 466 g/mol. The van der Waals surface area contributed by atoms with Crippen LogP contribution in [-0.4, -0.2) is 74.6 Å². The molecule has 1 aromatic carbocycles. The van der Waals surface area contributed by atoms with Crippen molar-refractivity contribution in [2.75, 3.05) is 26.2 Å². The van der Waals surface area contributed by atoms with E-state index in [0.29, 0.717) is 27.4 Å². The maximum atomic E-state index is 13.0. The van der Waals surface area contributed by atoms with E-state index in [1.54, 1.807) is 35.4 Å². The van der Waals surface area contributed by atoms with Gasteiger partial charge in [-0.15, -0.1) is 0 Å². The third-order valence-corrected chi connectivity index (χ3v) is 7.29. The fourth-order valence-corrected chi connectivity index (χ4v) is 5.09. The summed E-state index contributed by atoms with van der Waals surface area (Å²) in [5, 5.41) is 0.342. The highest BCUT2D eigenvalue weighted by molar-refractivity contribution is 7.89. The second kappa shape index (κ2) is 8.50. The van der Waals surface area contributed by atoms with Gasteiger partial charge in [-0.05, 0) is 30.3 Å². The molecule has 3 aromatic heterocycles. The van der Waals surface area contributed by atoms with E-state index in [1.165, 1.54) is 16.7 Å². The first-order chi connectivity index (χ1) is 15.9. The van der Waals surface area contributed by atoms with Crippen LogP contribution >= 0.6 is 11.6 Å². The van der Waals surface area contributed by atoms with Crippen molar-refractivity contribution in [1.82, 2.24) is 34.1 Å². The first kappa shape index (κ1) is 21.4. The normalized spacial score (nSPS) is 15.1. The van der Waals surface area contributed by atoms with E-state index in [4.69, 9.17) is 11.6 Å². The molecular formula is C21H18ClN7O3S. The summed E-state index contributed by atoms with van der Waals surface area (Å²) in [6.45, 7) is 0.748. The van der Waals surface area contributed by atoms with Crippen LogP contribution in [0.15, 0.2) is 60.1 Å². The lowest BCUT2D eigenvalue weighted by molar-refractivity contribution is 0.0691. The van der Waals surface area contributed by atoms with Gasteiger partial charge in [-0.1, -0.05) is 17.7 Å². The molecule has 0 aliphatic carbocycles. The zero-order valence-electron chi connectivity index (χ0n) is 17.2. The number of carbonyl (C=O) groups excluding carboxylic acids is 1. The van der Waals surface area contributed by atoms with Crippen molar-refractivity contribution >= 4 is 38.6 Å². The lowest BCUT2D eigenvalue weighted by atomic mass is 10.2. The average molecular weight is 484 g/mol. The quantitative estimate of drug-likeness (QED) is 0.471. The number of aromatic nitrogens is 5. The van der Waals surface area contributed by atoms with Gasteiger partial charge in [0.2, 0.25) is 5.16 Å². The second-order valence-corrected chi connectivity index (χ2v) is 9.69. The van der Waals surface area contributed by atoms with Gasteiger partial charge in [0.25, 0.3) is 15.9 Å². The highest BCUT2D eigenvalue weighted by atomic mass is 35.5. The SMILES string of the molecule is O=C(c1cnc(-c2ccccn2)cn1)N1CCN(S(=O)(=O)c2nc3ccc(Cl)cc3[nH]2)CC1. The highest BCUT2D eigenvalue weighted by Gasteiger charge is 2.33. The number of aromatic amines is 1. The number of fused-ring (bicyclic) bond motifs is 1. The minimum Gasteiger partial charge on any atom is -0.335 e. The largest absolute Gasteiger partial charge is 0.335 e. The molecule has 4 heterocycles. The molecule has 0 radical (unpaired) electrons. The molecule has 12 heteroatoms. The Morgan fingerprint density at radius 2 is 1.79 bits per heavy atom. The van der Waals surface area contributed by atoms with Gasteiger partial charge >= 0.3 is 0 Å². The van der Waals surface area contributed by atoms with E-state index in [-0.39, 0.29) is 42.9 Å². The number of imidazole rings is 1. The third kappa shape index (κ3) is 4.17. The molecule has 1 saturated heterocycles. The summed E-state index contributed by atoms with van der Waals surface area (Å²) in [6, 6.07) is 10.4. The summed E-state index contributed by atoms with van der Waals surface area (Å²) in [5.74, 6) is -0.300. The first-order valence-corrected chi connectivity index (χ1v) is 11.9. The Balaban J connectivity index is 1.26. The Morgan fingerprint density at radius 1 is 0.970 bits per heavy atom. The second-order valence-electron chi connectivity index (χ2n) is 7.40. The maximum Gasteiger partial charge on any atom is 0.276 e. The van der Waals surface area contributed by atoms with Crippen LogP contribution in [0.1, 0.15) is 10.5 Å². The summed E-state index contributed by atoms with van der Waals surface area (Å²) in [5.41, 5.74) is 2.48. The van der Waals surface area contributed by atoms with Gasteiger partial charge in [-0.2, -0.15) is 4.31 Å². The van der Waals surface area contributed by atoms with E-state index in [1.807, 2.05) is 12.1 Å². The van der Waals surface area contributed by atoms with Crippen LogP contribution in [0.2, 0.25) is 5.02 Å². The minimum atomic E-state index is -3.84. The van der Waals surface area contributed by atoms with Crippen LogP contribution in [0.25, 0.3) is 22.4 Å².